The molecule has 1 aliphatic carbocycles. The Morgan fingerprint density at radius 2 is 2.00 bits per heavy atom. The van der Waals surface area contributed by atoms with Crippen molar-refractivity contribution in [2.45, 2.75) is 52.0 Å². The van der Waals surface area contributed by atoms with Crippen molar-refractivity contribution in [1.82, 2.24) is 5.32 Å². The lowest BCUT2D eigenvalue weighted by Gasteiger charge is -2.28. The summed E-state index contributed by atoms with van der Waals surface area (Å²) >= 11 is 0. The van der Waals surface area contributed by atoms with Crippen molar-refractivity contribution in [3.05, 3.63) is 0 Å². The molecule has 0 aromatic rings. The summed E-state index contributed by atoms with van der Waals surface area (Å²) in [7, 11) is 0. The van der Waals surface area contributed by atoms with Crippen molar-refractivity contribution in [3.63, 3.8) is 0 Å². The van der Waals surface area contributed by atoms with E-state index >= 15 is 0 Å². The maximum absolute atomic E-state index is 11.9. The van der Waals surface area contributed by atoms with Crippen LogP contribution in [0.2, 0.25) is 0 Å². The van der Waals surface area contributed by atoms with E-state index in [1.54, 1.807) is 6.92 Å². The molecule has 0 spiro atoms. The molecule has 16 heavy (non-hydrogen) atoms. The number of carboxylic acid groups (broad SMARTS) is 1. The fourth-order valence-corrected chi connectivity index (χ4v) is 2.32. The first-order valence-corrected chi connectivity index (χ1v) is 6.09. The minimum atomic E-state index is -0.945. The van der Waals surface area contributed by atoms with E-state index in [2.05, 4.69) is 12.2 Å². The zero-order chi connectivity index (χ0) is 12.1. The Hall–Kier alpha value is -1.06. The van der Waals surface area contributed by atoms with Crippen LogP contribution in [0.1, 0.15) is 46.0 Å². The Morgan fingerprint density at radius 1 is 1.38 bits per heavy atom. The third-order valence-corrected chi connectivity index (χ3v) is 3.47. The summed E-state index contributed by atoms with van der Waals surface area (Å²) in [6, 6.07) is -0.735. The molecule has 1 amide bonds. The second-order valence-electron chi connectivity index (χ2n) is 4.68. The van der Waals surface area contributed by atoms with Gasteiger partial charge in [-0.3, -0.25) is 4.79 Å². The Morgan fingerprint density at radius 3 is 2.50 bits per heavy atom. The summed E-state index contributed by atoms with van der Waals surface area (Å²) in [6.45, 7) is 3.84. The van der Waals surface area contributed by atoms with Crippen LogP contribution in [-0.4, -0.2) is 23.0 Å². The summed E-state index contributed by atoms with van der Waals surface area (Å²) < 4.78 is 0. The third-order valence-electron chi connectivity index (χ3n) is 3.47. The van der Waals surface area contributed by atoms with Crippen molar-refractivity contribution in [2.24, 2.45) is 11.8 Å². The average Bonchev–Trinajstić information content (AvgIpc) is 2.25. The van der Waals surface area contributed by atoms with Gasteiger partial charge in [-0.05, 0) is 25.2 Å². The van der Waals surface area contributed by atoms with E-state index in [-0.39, 0.29) is 11.8 Å². The lowest BCUT2D eigenvalue weighted by Crippen LogP contribution is -2.45. The molecule has 0 bridgehead atoms. The fourth-order valence-electron chi connectivity index (χ4n) is 2.32. The monoisotopic (exact) mass is 227 g/mol. The van der Waals surface area contributed by atoms with Gasteiger partial charge in [-0.15, -0.1) is 0 Å². The fraction of sp³-hybridized carbons (Fsp3) is 0.833. The maximum atomic E-state index is 11.9. The first-order chi connectivity index (χ1) is 7.56. The standard InChI is InChI=1S/C12H21NO3/c1-3-10(12(15)16)13-11(14)9-7-5-4-6-8(9)2/h8-10H,3-7H2,1-2H3,(H,13,14)(H,15,16). The van der Waals surface area contributed by atoms with Gasteiger partial charge in [-0.1, -0.05) is 26.7 Å². The van der Waals surface area contributed by atoms with E-state index in [1.807, 2.05) is 0 Å². The predicted octanol–water partition coefficient (Wildman–Crippen LogP) is 1.79. The highest BCUT2D eigenvalue weighted by molar-refractivity contribution is 5.85. The predicted molar refractivity (Wildman–Crippen MR) is 61.0 cm³/mol. The number of carboxylic acids is 1. The Labute approximate surface area is 96.4 Å². The maximum Gasteiger partial charge on any atom is 0.326 e. The molecular weight excluding hydrogens is 206 g/mol. The number of aliphatic carboxylic acids is 1. The van der Waals surface area contributed by atoms with Crippen LogP contribution in [0, 0.1) is 11.8 Å². The van der Waals surface area contributed by atoms with Gasteiger partial charge in [-0.2, -0.15) is 0 Å². The van der Waals surface area contributed by atoms with Gasteiger partial charge in [0.2, 0.25) is 5.91 Å². The minimum Gasteiger partial charge on any atom is -0.480 e. The smallest absolute Gasteiger partial charge is 0.326 e. The highest BCUT2D eigenvalue weighted by Crippen LogP contribution is 2.29. The molecule has 0 aromatic heterocycles. The van der Waals surface area contributed by atoms with Crippen molar-refractivity contribution in [1.29, 1.82) is 0 Å². The lowest BCUT2D eigenvalue weighted by molar-refractivity contribution is -0.143. The van der Waals surface area contributed by atoms with Crippen molar-refractivity contribution < 1.29 is 14.7 Å². The summed E-state index contributed by atoms with van der Waals surface area (Å²) in [5.74, 6) is -0.650. The topological polar surface area (TPSA) is 66.4 Å². The normalized spacial score (nSPS) is 27.1. The summed E-state index contributed by atoms with van der Waals surface area (Å²) in [5.41, 5.74) is 0. The van der Waals surface area contributed by atoms with Gasteiger partial charge < -0.3 is 10.4 Å². The SMILES string of the molecule is CCC(NC(=O)C1CCCCC1C)C(=O)O. The number of nitrogens with one attached hydrogen (secondary N) is 1. The van der Waals surface area contributed by atoms with Crippen LogP contribution in [0.5, 0.6) is 0 Å². The third kappa shape index (κ3) is 3.22. The van der Waals surface area contributed by atoms with Crippen LogP contribution in [0.25, 0.3) is 0 Å². The summed E-state index contributed by atoms with van der Waals surface area (Å²) in [5, 5.41) is 11.5. The first-order valence-electron chi connectivity index (χ1n) is 6.09. The van der Waals surface area contributed by atoms with Gasteiger partial charge >= 0.3 is 5.97 Å². The van der Waals surface area contributed by atoms with Crippen LogP contribution < -0.4 is 5.32 Å². The van der Waals surface area contributed by atoms with Crippen LogP contribution in [0.4, 0.5) is 0 Å². The first kappa shape index (κ1) is 13.0. The molecule has 1 rings (SSSR count). The quantitative estimate of drug-likeness (QED) is 0.769. The molecule has 0 aliphatic heterocycles. The molecular formula is C12H21NO3. The van der Waals surface area contributed by atoms with E-state index in [9.17, 15) is 9.59 Å². The van der Waals surface area contributed by atoms with Gasteiger partial charge in [0, 0.05) is 5.92 Å². The Balaban J connectivity index is 2.52. The van der Waals surface area contributed by atoms with Crippen LogP contribution in [0.15, 0.2) is 0 Å². The van der Waals surface area contributed by atoms with E-state index in [4.69, 9.17) is 5.11 Å². The van der Waals surface area contributed by atoms with Crippen LogP contribution in [-0.2, 0) is 9.59 Å². The zero-order valence-corrected chi connectivity index (χ0v) is 10.0. The lowest BCUT2D eigenvalue weighted by atomic mass is 9.80. The average molecular weight is 227 g/mol. The molecule has 0 heterocycles. The van der Waals surface area contributed by atoms with Gasteiger partial charge in [0.15, 0.2) is 0 Å². The molecule has 0 saturated heterocycles. The number of hydrogen-bond acceptors (Lipinski definition) is 2. The molecule has 3 atom stereocenters. The van der Waals surface area contributed by atoms with E-state index < -0.39 is 12.0 Å². The molecule has 92 valence electrons. The van der Waals surface area contributed by atoms with Crippen LogP contribution in [0.3, 0.4) is 0 Å². The summed E-state index contributed by atoms with van der Waals surface area (Å²) in [4.78, 5) is 22.7. The van der Waals surface area contributed by atoms with Gasteiger partial charge in [-0.25, -0.2) is 4.79 Å². The highest BCUT2D eigenvalue weighted by Gasteiger charge is 2.29. The molecule has 4 nitrogen and oxygen atoms in total. The molecule has 1 aliphatic rings. The molecule has 1 fully saturated rings. The van der Waals surface area contributed by atoms with Gasteiger partial charge in [0.25, 0.3) is 0 Å². The molecule has 0 aromatic carbocycles. The molecule has 4 heteroatoms. The zero-order valence-electron chi connectivity index (χ0n) is 10.0. The van der Waals surface area contributed by atoms with Crippen molar-refractivity contribution in [2.75, 3.05) is 0 Å². The largest absolute Gasteiger partial charge is 0.480 e. The molecule has 0 radical (unpaired) electrons. The number of amides is 1. The number of hydrogen-bond donors (Lipinski definition) is 2. The van der Waals surface area contributed by atoms with Crippen LogP contribution >= 0.6 is 0 Å². The van der Waals surface area contributed by atoms with Gasteiger partial charge in [0.1, 0.15) is 6.04 Å². The van der Waals surface area contributed by atoms with E-state index in [1.165, 1.54) is 6.42 Å². The second kappa shape index (κ2) is 5.87. The highest BCUT2D eigenvalue weighted by atomic mass is 16.4. The minimum absolute atomic E-state index is 0.00199. The Bertz CT molecular complexity index is 265. The van der Waals surface area contributed by atoms with E-state index in [0.29, 0.717) is 12.3 Å². The number of carbonyl (C=O) groups is 2. The molecule has 2 N–H and O–H groups in total. The Kier molecular flexibility index (Phi) is 4.77. The summed E-state index contributed by atoms with van der Waals surface area (Å²) in [6.07, 6.45) is 4.65. The number of rotatable bonds is 4. The van der Waals surface area contributed by atoms with E-state index in [0.717, 1.165) is 19.3 Å². The van der Waals surface area contributed by atoms with Crippen molar-refractivity contribution >= 4 is 11.9 Å². The number of carbonyl (C=O) groups excluding carboxylic acids is 1. The second-order valence-corrected chi connectivity index (χ2v) is 4.68. The molecule has 3 unspecified atom stereocenters. The van der Waals surface area contributed by atoms with Gasteiger partial charge in [0.05, 0.1) is 0 Å². The molecule has 1 saturated carbocycles. The van der Waals surface area contributed by atoms with Crippen molar-refractivity contribution in [3.8, 4) is 0 Å².